The molecule has 126 valence electrons. The van der Waals surface area contributed by atoms with Crippen molar-refractivity contribution in [2.45, 2.75) is 25.5 Å². The molecular weight excluding hydrogens is 386 g/mol. The van der Waals surface area contributed by atoms with Crippen LogP contribution in [0.4, 0.5) is 11.4 Å². The number of H-pyrrole nitrogens is 1. The molecule has 2 aromatic rings. The number of halogens is 2. The molecule has 3 rings (SSSR count). The predicted molar refractivity (Wildman–Crippen MR) is 96.2 cm³/mol. The molecule has 0 radical (unpaired) electrons. The summed E-state index contributed by atoms with van der Waals surface area (Å²) in [6.07, 6.45) is 3.27. The van der Waals surface area contributed by atoms with Crippen LogP contribution in [0.2, 0.25) is 0 Å². The van der Waals surface area contributed by atoms with Crippen molar-refractivity contribution in [3.63, 3.8) is 0 Å². The van der Waals surface area contributed by atoms with Crippen LogP contribution in [-0.4, -0.2) is 46.2 Å². The van der Waals surface area contributed by atoms with Gasteiger partial charge in [-0.15, -0.1) is 12.4 Å². The lowest BCUT2D eigenvalue weighted by Crippen LogP contribution is -2.27. The maximum atomic E-state index is 11.8. The minimum absolute atomic E-state index is 0. The molecule has 1 amide bonds. The van der Waals surface area contributed by atoms with Gasteiger partial charge < -0.3 is 26.0 Å². The van der Waals surface area contributed by atoms with E-state index in [1.807, 2.05) is 0 Å². The number of fused-ring (bicyclic) bond motifs is 1. The van der Waals surface area contributed by atoms with Gasteiger partial charge in [0.15, 0.2) is 0 Å². The van der Waals surface area contributed by atoms with Gasteiger partial charge in [-0.2, -0.15) is 0 Å². The van der Waals surface area contributed by atoms with Crippen LogP contribution in [0.25, 0.3) is 11.0 Å². The van der Waals surface area contributed by atoms with E-state index in [1.54, 1.807) is 12.4 Å². The molecule has 0 saturated carbocycles. The van der Waals surface area contributed by atoms with Crippen LogP contribution < -0.4 is 16.0 Å². The quantitative estimate of drug-likeness (QED) is 0.621. The van der Waals surface area contributed by atoms with Crippen molar-refractivity contribution in [2.75, 3.05) is 23.3 Å². The van der Waals surface area contributed by atoms with Gasteiger partial charge >= 0.3 is 0 Å². The Labute approximate surface area is 148 Å². The van der Waals surface area contributed by atoms with Gasteiger partial charge in [0.05, 0.1) is 21.2 Å². The molecule has 1 aliphatic heterocycles. The molecule has 9 heteroatoms. The van der Waals surface area contributed by atoms with Crippen LogP contribution in [0.5, 0.6) is 0 Å². The number of aliphatic hydroxyl groups is 1. The van der Waals surface area contributed by atoms with Crippen molar-refractivity contribution in [1.29, 1.82) is 0 Å². The number of carbonyl (C=O) groups is 1. The summed E-state index contributed by atoms with van der Waals surface area (Å²) in [6.45, 7) is 3.04. The highest BCUT2D eigenvalue weighted by atomic mass is 79.9. The van der Waals surface area contributed by atoms with E-state index in [9.17, 15) is 9.90 Å². The summed E-state index contributed by atoms with van der Waals surface area (Å²) < 4.78 is 0.848. The number of pyridine rings is 1. The average Bonchev–Trinajstić information content (AvgIpc) is 3.06. The van der Waals surface area contributed by atoms with E-state index in [1.165, 1.54) is 6.92 Å². The topological polar surface area (TPSA) is 107 Å². The van der Waals surface area contributed by atoms with E-state index in [-0.39, 0.29) is 18.4 Å². The Morgan fingerprint density at radius 2 is 2.39 bits per heavy atom. The number of nitrogens with two attached hydrogens (primary N) is 1. The number of anilines is 2. The molecule has 0 spiro atoms. The number of amides is 1. The summed E-state index contributed by atoms with van der Waals surface area (Å²) in [4.78, 5) is 21.3. The Morgan fingerprint density at radius 3 is 3.00 bits per heavy atom. The highest BCUT2D eigenvalue weighted by molar-refractivity contribution is 9.10. The largest absolute Gasteiger partial charge is 0.384 e. The summed E-state index contributed by atoms with van der Waals surface area (Å²) in [7, 11) is 0. The molecule has 0 aliphatic carbocycles. The number of hydrogen-bond acceptors (Lipinski definition) is 5. The van der Waals surface area contributed by atoms with Gasteiger partial charge in [0.25, 0.3) is 5.91 Å². The van der Waals surface area contributed by atoms with E-state index in [2.05, 4.69) is 36.1 Å². The molecule has 0 bridgehead atoms. The number of aromatic amines is 1. The van der Waals surface area contributed by atoms with Gasteiger partial charge in [0.1, 0.15) is 11.8 Å². The molecule has 0 unspecified atom stereocenters. The smallest absolute Gasteiger partial charge is 0.252 e. The Morgan fingerprint density at radius 1 is 1.65 bits per heavy atom. The first-order valence-corrected chi connectivity index (χ1v) is 7.91. The van der Waals surface area contributed by atoms with Gasteiger partial charge in [-0.3, -0.25) is 4.79 Å². The van der Waals surface area contributed by atoms with Gasteiger partial charge in [-0.25, -0.2) is 4.98 Å². The van der Waals surface area contributed by atoms with E-state index in [4.69, 9.17) is 5.73 Å². The third-order valence-electron chi connectivity index (χ3n) is 3.81. The van der Waals surface area contributed by atoms with Crippen molar-refractivity contribution >= 4 is 56.7 Å². The van der Waals surface area contributed by atoms with Crippen LogP contribution in [-0.2, 0) is 4.79 Å². The fourth-order valence-corrected chi connectivity index (χ4v) is 3.24. The van der Waals surface area contributed by atoms with Crippen molar-refractivity contribution in [1.82, 2.24) is 9.97 Å². The molecule has 0 aromatic carbocycles. The van der Waals surface area contributed by atoms with Gasteiger partial charge in [0, 0.05) is 31.5 Å². The number of nitrogens with one attached hydrogen (secondary N) is 2. The second-order valence-electron chi connectivity index (χ2n) is 5.54. The monoisotopic (exact) mass is 403 g/mol. The Kier molecular flexibility index (Phi) is 5.51. The lowest BCUT2D eigenvalue weighted by atomic mass is 10.2. The Hall–Kier alpha value is -1.35. The molecule has 2 atom stereocenters. The Bertz CT molecular complexity index is 721. The number of carbonyl (C=O) groups excluding carboxylic acids is 1. The Balaban J connectivity index is 0.00000192. The second-order valence-corrected chi connectivity index (χ2v) is 6.40. The summed E-state index contributed by atoms with van der Waals surface area (Å²) in [5.41, 5.74) is 8.25. The van der Waals surface area contributed by atoms with Crippen LogP contribution in [0.3, 0.4) is 0 Å². The van der Waals surface area contributed by atoms with Crippen LogP contribution >= 0.6 is 28.3 Å². The summed E-state index contributed by atoms with van der Waals surface area (Å²) in [5, 5.41) is 12.9. The standard InChI is InChI=1S/C14H18BrN5O2.ClH/c1-7(21)14(22)19-10-5-18-13-11(10)12(9(15)4-17-13)20-3-2-8(16)6-20;/h4-5,7-8,21H,2-3,6,16H2,1H3,(H,17,18)(H,19,22);1H/t7-,8+;/m0./s1. The molecule has 3 heterocycles. The van der Waals surface area contributed by atoms with E-state index < -0.39 is 12.0 Å². The van der Waals surface area contributed by atoms with Gasteiger partial charge in [-0.05, 0) is 29.3 Å². The molecule has 23 heavy (non-hydrogen) atoms. The molecule has 2 aromatic heterocycles. The van der Waals surface area contributed by atoms with E-state index in [0.29, 0.717) is 11.3 Å². The van der Waals surface area contributed by atoms with Crippen molar-refractivity contribution < 1.29 is 9.90 Å². The molecular formula is C14H19BrClN5O2. The van der Waals surface area contributed by atoms with Gasteiger partial charge in [-0.1, -0.05) is 0 Å². The molecule has 1 fully saturated rings. The van der Waals surface area contributed by atoms with Crippen molar-refractivity contribution in [3.05, 3.63) is 16.9 Å². The summed E-state index contributed by atoms with van der Waals surface area (Å²) >= 11 is 3.54. The predicted octanol–water partition coefficient (Wildman–Crippen LogP) is 1.60. The highest BCUT2D eigenvalue weighted by Crippen LogP contribution is 2.39. The zero-order valence-electron chi connectivity index (χ0n) is 12.5. The maximum absolute atomic E-state index is 11.8. The maximum Gasteiger partial charge on any atom is 0.252 e. The van der Waals surface area contributed by atoms with E-state index in [0.717, 1.165) is 35.1 Å². The second kappa shape index (κ2) is 7.04. The number of nitrogens with zero attached hydrogens (tertiary/aromatic N) is 2. The summed E-state index contributed by atoms with van der Waals surface area (Å²) in [6, 6.07) is 0.143. The minimum Gasteiger partial charge on any atom is -0.384 e. The fourth-order valence-electron chi connectivity index (χ4n) is 2.69. The SMILES string of the molecule is C[C@H](O)C(=O)Nc1c[nH]c2ncc(Br)c(N3CC[C@@H](N)C3)c12.Cl. The van der Waals surface area contributed by atoms with Gasteiger partial charge in [0.2, 0.25) is 0 Å². The zero-order valence-corrected chi connectivity index (χ0v) is 14.9. The lowest BCUT2D eigenvalue weighted by Gasteiger charge is -2.21. The third kappa shape index (κ3) is 3.45. The fraction of sp³-hybridized carbons (Fsp3) is 0.429. The number of aromatic nitrogens is 2. The average molecular weight is 405 g/mol. The summed E-state index contributed by atoms with van der Waals surface area (Å²) in [5.74, 6) is -0.454. The molecule has 1 aliphatic rings. The highest BCUT2D eigenvalue weighted by Gasteiger charge is 2.25. The lowest BCUT2D eigenvalue weighted by molar-refractivity contribution is -0.123. The minimum atomic E-state index is -1.08. The third-order valence-corrected chi connectivity index (χ3v) is 4.39. The number of hydrogen-bond donors (Lipinski definition) is 4. The first kappa shape index (κ1) is 18.0. The van der Waals surface area contributed by atoms with Crippen LogP contribution in [0.15, 0.2) is 16.9 Å². The van der Waals surface area contributed by atoms with Crippen LogP contribution in [0, 0.1) is 0 Å². The molecule has 1 saturated heterocycles. The molecule has 5 N–H and O–H groups in total. The normalized spacial score (nSPS) is 18.8. The number of aliphatic hydroxyl groups excluding tert-OH is 1. The van der Waals surface area contributed by atoms with Crippen molar-refractivity contribution in [2.24, 2.45) is 5.73 Å². The van der Waals surface area contributed by atoms with E-state index >= 15 is 0 Å². The molecule has 7 nitrogen and oxygen atoms in total. The first-order chi connectivity index (χ1) is 10.5. The zero-order chi connectivity index (χ0) is 15.9. The number of rotatable bonds is 3. The van der Waals surface area contributed by atoms with Crippen molar-refractivity contribution in [3.8, 4) is 0 Å². The first-order valence-electron chi connectivity index (χ1n) is 7.12. The van der Waals surface area contributed by atoms with Crippen LogP contribution in [0.1, 0.15) is 13.3 Å².